The zero-order valence-corrected chi connectivity index (χ0v) is 9.34. The van der Waals surface area contributed by atoms with Gasteiger partial charge >= 0.3 is 0 Å². The van der Waals surface area contributed by atoms with Gasteiger partial charge < -0.3 is 0 Å². The van der Waals surface area contributed by atoms with Gasteiger partial charge in [0.1, 0.15) is 0 Å². The molecule has 0 spiro atoms. The molecule has 2 aliphatic heterocycles. The minimum absolute atomic E-state index is 0.486. The van der Waals surface area contributed by atoms with Crippen molar-refractivity contribution in [3.8, 4) is 0 Å². The molecule has 0 N–H and O–H groups in total. The third-order valence-corrected chi connectivity index (χ3v) is 4.13. The molecular formula is C12H23N. The predicted molar refractivity (Wildman–Crippen MR) is 56.8 cm³/mol. The fourth-order valence-electron chi connectivity index (χ4n) is 3.48. The third-order valence-electron chi connectivity index (χ3n) is 4.13. The van der Waals surface area contributed by atoms with Crippen molar-refractivity contribution < 1.29 is 0 Å². The maximum Gasteiger partial charge on any atom is 0.0158 e. The summed E-state index contributed by atoms with van der Waals surface area (Å²) in [5, 5.41) is 0. The number of hydrogen-bond donors (Lipinski definition) is 0. The van der Waals surface area contributed by atoms with Crippen LogP contribution in [0.2, 0.25) is 0 Å². The Morgan fingerprint density at radius 1 is 1.38 bits per heavy atom. The van der Waals surface area contributed by atoms with Crippen LogP contribution >= 0.6 is 0 Å². The van der Waals surface area contributed by atoms with Gasteiger partial charge in [-0.05, 0) is 52.0 Å². The van der Waals surface area contributed by atoms with Gasteiger partial charge in [-0.1, -0.05) is 13.3 Å². The molecule has 0 amide bonds. The highest BCUT2D eigenvalue weighted by molar-refractivity contribution is 4.97. The normalized spacial score (nSPS) is 39.0. The number of rotatable bonds is 1. The Hall–Kier alpha value is -0.0400. The molecule has 2 atom stereocenters. The lowest BCUT2D eigenvalue weighted by Gasteiger charge is -2.47. The average Bonchev–Trinajstić information content (AvgIpc) is 2.51. The monoisotopic (exact) mass is 181 g/mol. The van der Waals surface area contributed by atoms with Crippen molar-refractivity contribution in [1.29, 1.82) is 0 Å². The molecule has 76 valence electrons. The zero-order valence-electron chi connectivity index (χ0n) is 9.34. The van der Waals surface area contributed by atoms with Gasteiger partial charge in [-0.15, -0.1) is 0 Å². The molecule has 0 aromatic carbocycles. The van der Waals surface area contributed by atoms with E-state index in [0.717, 1.165) is 12.0 Å². The van der Waals surface area contributed by atoms with E-state index < -0.39 is 0 Å². The summed E-state index contributed by atoms with van der Waals surface area (Å²) in [6.07, 6.45) is 7.16. The Bertz CT molecular complexity index is 186. The summed E-state index contributed by atoms with van der Waals surface area (Å²) in [5.41, 5.74) is 0.486. The summed E-state index contributed by atoms with van der Waals surface area (Å²) in [5.74, 6) is 0.995. The minimum Gasteiger partial charge on any atom is -0.295 e. The van der Waals surface area contributed by atoms with E-state index in [1.807, 2.05) is 0 Å². The summed E-state index contributed by atoms with van der Waals surface area (Å²) in [7, 11) is 0. The summed E-state index contributed by atoms with van der Waals surface area (Å²) < 4.78 is 0. The maximum atomic E-state index is 2.76. The molecule has 2 unspecified atom stereocenters. The van der Waals surface area contributed by atoms with Crippen LogP contribution in [0.25, 0.3) is 0 Å². The van der Waals surface area contributed by atoms with Crippen molar-refractivity contribution in [2.75, 3.05) is 6.54 Å². The van der Waals surface area contributed by atoms with Crippen LogP contribution in [0, 0.1) is 5.92 Å². The van der Waals surface area contributed by atoms with E-state index in [4.69, 9.17) is 0 Å². The number of piperidine rings is 1. The summed E-state index contributed by atoms with van der Waals surface area (Å²) in [6.45, 7) is 8.58. The topological polar surface area (TPSA) is 3.24 Å². The van der Waals surface area contributed by atoms with Crippen LogP contribution in [0.15, 0.2) is 0 Å². The van der Waals surface area contributed by atoms with E-state index in [1.54, 1.807) is 0 Å². The Labute approximate surface area is 82.5 Å². The van der Waals surface area contributed by atoms with Crippen LogP contribution < -0.4 is 0 Å². The first-order valence-corrected chi connectivity index (χ1v) is 5.90. The van der Waals surface area contributed by atoms with Crippen molar-refractivity contribution >= 4 is 0 Å². The second-order valence-corrected chi connectivity index (χ2v) is 5.52. The molecule has 0 bridgehead atoms. The molecule has 13 heavy (non-hydrogen) atoms. The molecule has 2 rings (SSSR count). The molecule has 0 aromatic rings. The number of hydrogen-bond acceptors (Lipinski definition) is 1. The van der Waals surface area contributed by atoms with E-state index in [0.29, 0.717) is 5.54 Å². The maximum absolute atomic E-state index is 2.76. The second kappa shape index (κ2) is 3.27. The molecule has 0 radical (unpaired) electrons. The smallest absolute Gasteiger partial charge is 0.0158 e. The molecule has 0 aliphatic carbocycles. The van der Waals surface area contributed by atoms with Crippen LogP contribution in [0.1, 0.15) is 52.9 Å². The first-order chi connectivity index (χ1) is 6.13. The van der Waals surface area contributed by atoms with Crippen molar-refractivity contribution in [1.82, 2.24) is 4.90 Å². The standard InChI is InChI=1S/C12H23N/c1-4-10-8-11-6-5-7-13(11)12(2,3)9-10/h10-11H,4-9H2,1-3H3. The molecule has 1 heteroatoms. The largest absolute Gasteiger partial charge is 0.295 e. The van der Waals surface area contributed by atoms with Gasteiger partial charge in [-0.2, -0.15) is 0 Å². The fraction of sp³-hybridized carbons (Fsp3) is 1.00. The number of nitrogens with zero attached hydrogens (tertiary/aromatic N) is 1. The predicted octanol–water partition coefficient (Wildman–Crippen LogP) is 3.05. The van der Waals surface area contributed by atoms with E-state index in [9.17, 15) is 0 Å². The van der Waals surface area contributed by atoms with Crippen molar-refractivity contribution in [2.45, 2.75) is 64.5 Å². The Kier molecular flexibility index (Phi) is 2.39. The van der Waals surface area contributed by atoms with Crippen molar-refractivity contribution in [3.63, 3.8) is 0 Å². The summed E-state index contributed by atoms with van der Waals surface area (Å²) in [6, 6.07) is 0.925. The SMILES string of the molecule is CCC1CC2CCCN2C(C)(C)C1. The van der Waals surface area contributed by atoms with E-state index in [2.05, 4.69) is 25.7 Å². The van der Waals surface area contributed by atoms with Crippen LogP contribution in [-0.2, 0) is 0 Å². The Balaban J connectivity index is 2.11. The van der Waals surface area contributed by atoms with Crippen molar-refractivity contribution in [2.24, 2.45) is 5.92 Å². The van der Waals surface area contributed by atoms with E-state index in [1.165, 1.54) is 38.6 Å². The van der Waals surface area contributed by atoms with Gasteiger partial charge in [-0.25, -0.2) is 0 Å². The van der Waals surface area contributed by atoms with Gasteiger partial charge in [0.2, 0.25) is 0 Å². The van der Waals surface area contributed by atoms with Crippen molar-refractivity contribution in [3.05, 3.63) is 0 Å². The lowest BCUT2D eigenvalue weighted by atomic mass is 9.78. The van der Waals surface area contributed by atoms with Crippen LogP contribution in [0.4, 0.5) is 0 Å². The van der Waals surface area contributed by atoms with Gasteiger partial charge in [0.05, 0.1) is 0 Å². The minimum atomic E-state index is 0.486. The Morgan fingerprint density at radius 3 is 2.85 bits per heavy atom. The zero-order chi connectivity index (χ0) is 9.47. The van der Waals surface area contributed by atoms with E-state index in [-0.39, 0.29) is 0 Å². The van der Waals surface area contributed by atoms with Gasteiger partial charge in [-0.3, -0.25) is 4.90 Å². The van der Waals surface area contributed by atoms with Gasteiger partial charge in [0.15, 0.2) is 0 Å². The quantitative estimate of drug-likeness (QED) is 0.601. The highest BCUT2D eigenvalue weighted by Gasteiger charge is 2.41. The van der Waals surface area contributed by atoms with Crippen LogP contribution in [0.3, 0.4) is 0 Å². The highest BCUT2D eigenvalue weighted by Crippen LogP contribution is 2.41. The Morgan fingerprint density at radius 2 is 2.15 bits per heavy atom. The molecule has 0 saturated carbocycles. The summed E-state index contributed by atoms with van der Waals surface area (Å²) >= 11 is 0. The van der Waals surface area contributed by atoms with Gasteiger partial charge in [0.25, 0.3) is 0 Å². The average molecular weight is 181 g/mol. The molecule has 1 nitrogen and oxygen atoms in total. The molecule has 2 heterocycles. The number of fused-ring (bicyclic) bond motifs is 1. The molecule has 2 saturated heterocycles. The second-order valence-electron chi connectivity index (χ2n) is 5.52. The van der Waals surface area contributed by atoms with Crippen LogP contribution in [-0.4, -0.2) is 23.0 Å². The fourth-order valence-corrected chi connectivity index (χ4v) is 3.48. The molecular weight excluding hydrogens is 158 g/mol. The lowest BCUT2D eigenvalue weighted by Crippen LogP contribution is -2.52. The van der Waals surface area contributed by atoms with Crippen LogP contribution in [0.5, 0.6) is 0 Å². The first kappa shape index (κ1) is 9.51. The third kappa shape index (κ3) is 1.63. The van der Waals surface area contributed by atoms with Gasteiger partial charge in [0, 0.05) is 11.6 Å². The van der Waals surface area contributed by atoms with E-state index >= 15 is 0 Å². The lowest BCUT2D eigenvalue weighted by molar-refractivity contribution is 0.0244. The molecule has 2 fully saturated rings. The molecule has 2 aliphatic rings. The first-order valence-electron chi connectivity index (χ1n) is 5.90. The highest BCUT2D eigenvalue weighted by atomic mass is 15.2. The molecule has 0 aromatic heterocycles. The summed E-state index contributed by atoms with van der Waals surface area (Å²) in [4.78, 5) is 2.76.